The van der Waals surface area contributed by atoms with Crippen molar-refractivity contribution in [3.05, 3.63) is 46.9 Å². The molecule has 0 saturated carbocycles. The van der Waals surface area contributed by atoms with Gasteiger partial charge in [-0.2, -0.15) is 0 Å². The highest BCUT2D eigenvalue weighted by Crippen LogP contribution is 2.40. The molecule has 28 heavy (non-hydrogen) atoms. The third-order valence-electron chi connectivity index (χ3n) is 3.68. The Morgan fingerprint density at radius 1 is 1.21 bits per heavy atom. The number of hydrogen-bond acceptors (Lipinski definition) is 4. The van der Waals surface area contributed by atoms with Crippen molar-refractivity contribution in [1.29, 1.82) is 0 Å². The summed E-state index contributed by atoms with van der Waals surface area (Å²) in [7, 11) is 1.54. The zero-order valence-corrected chi connectivity index (χ0v) is 16.6. The van der Waals surface area contributed by atoms with Crippen molar-refractivity contribution < 1.29 is 23.0 Å². The summed E-state index contributed by atoms with van der Waals surface area (Å²) in [5, 5.41) is 21.1. The van der Waals surface area contributed by atoms with Crippen LogP contribution in [0, 0.1) is 0 Å². The molecule has 0 fully saturated rings. The summed E-state index contributed by atoms with van der Waals surface area (Å²) in [5.74, 6) is -0.702. The van der Waals surface area contributed by atoms with Crippen LogP contribution < -0.4 is 10.1 Å². The second-order valence-electron chi connectivity index (χ2n) is 5.60. The maximum Gasteiger partial charge on any atom is 0.573 e. The van der Waals surface area contributed by atoms with Crippen molar-refractivity contribution in [1.82, 2.24) is 4.57 Å². The van der Waals surface area contributed by atoms with E-state index >= 15 is 0 Å². The first-order chi connectivity index (χ1) is 13.1. The van der Waals surface area contributed by atoms with Gasteiger partial charge in [0, 0.05) is 22.6 Å². The summed E-state index contributed by atoms with van der Waals surface area (Å²) in [4.78, 5) is 0. The van der Waals surface area contributed by atoms with E-state index in [1.165, 1.54) is 10.6 Å². The standard InChI is InChI=1S/C17H12BrF3N4O2S/c1-25-13-7-6-11(27-17(19,20)21)8-12(13)14(15(25)26)23-24-16(28)22-10-4-2-9(18)3-5-10/h2-8,26H,1H3,(H,22,28). The minimum absolute atomic E-state index is 0.0152. The van der Waals surface area contributed by atoms with E-state index in [9.17, 15) is 18.3 Å². The van der Waals surface area contributed by atoms with Gasteiger partial charge in [0.05, 0.1) is 5.52 Å². The quantitative estimate of drug-likeness (QED) is 0.360. The van der Waals surface area contributed by atoms with Gasteiger partial charge in [-0.05, 0) is 54.7 Å². The molecule has 0 amide bonds. The molecule has 146 valence electrons. The number of anilines is 1. The molecule has 0 spiro atoms. The summed E-state index contributed by atoms with van der Waals surface area (Å²) < 4.78 is 43.6. The molecule has 0 unspecified atom stereocenters. The minimum Gasteiger partial charge on any atom is -0.493 e. The number of rotatable bonds is 3. The summed E-state index contributed by atoms with van der Waals surface area (Å²) >= 11 is 8.41. The third-order valence-corrected chi connectivity index (χ3v) is 4.40. The smallest absolute Gasteiger partial charge is 0.493 e. The molecular weight excluding hydrogens is 461 g/mol. The molecule has 0 bridgehead atoms. The van der Waals surface area contributed by atoms with E-state index in [0.717, 1.165) is 16.6 Å². The molecule has 0 aliphatic carbocycles. The summed E-state index contributed by atoms with van der Waals surface area (Å²) in [6, 6.07) is 10.8. The van der Waals surface area contributed by atoms with Gasteiger partial charge in [-0.15, -0.1) is 23.4 Å². The number of nitrogens with zero attached hydrogens (tertiary/aromatic N) is 3. The Balaban J connectivity index is 1.89. The third kappa shape index (κ3) is 4.60. The van der Waals surface area contributed by atoms with Crippen LogP contribution in [0.15, 0.2) is 57.2 Å². The molecule has 11 heteroatoms. The van der Waals surface area contributed by atoms with Gasteiger partial charge in [0.15, 0.2) is 5.69 Å². The van der Waals surface area contributed by atoms with Crippen molar-refractivity contribution in [2.24, 2.45) is 17.3 Å². The number of benzene rings is 2. The molecule has 0 atom stereocenters. The Morgan fingerprint density at radius 3 is 2.54 bits per heavy atom. The molecule has 6 nitrogen and oxygen atoms in total. The zero-order valence-electron chi connectivity index (χ0n) is 14.2. The highest BCUT2D eigenvalue weighted by Gasteiger charge is 2.31. The fourth-order valence-electron chi connectivity index (χ4n) is 2.46. The Bertz CT molecular complexity index is 1060. The summed E-state index contributed by atoms with van der Waals surface area (Å²) in [5.41, 5.74) is 1.10. The lowest BCUT2D eigenvalue weighted by atomic mass is 10.2. The van der Waals surface area contributed by atoms with E-state index in [1.54, 1.807) is 31.3 Å². The Morgan fingerprint density at radius 2 is 1.89 bits per heavy atom. The van der Waals surface area contributed by atoms with Crippen molar-refractivity contribution in [2.45, 2.75) is 6.36 Å². The topological polar surface area (TPSA) is 71.1 Å². The number of hydrogen-bond donors (Lipinski definition) is 2. The monoisotopic (exact) mass is 472 g/mol. The number of halogens is 4. The van der Waals surface area contributed by atoms with Crippen LogP contribution >= 0.6 is 28.1 Å². The fourth-order valence-corrected chi connectivity index (χ4v) is 2.89. The molecule has 1 aromatic heterocycles. The number of aromatic nitrogens is 1. The van der Waals surface area contributed by atoms with Gasteiger partial charge in [-0.1, -0.05) is 15.9 Å². The molecule has 0 radical (unpaired) electrons. The SMILES string of the molecule is Cn1c(O)c(N=NC(=S)Nc2ccc(Br)cc2)c2cc(OC(F)(F)F)ccc21. The van der Waals surface area contributed by atoms with Crippen molar-refractivity contribution in [3.63, 3.8) is 0 Å². The van der Waals surface area contributed by atoms with Gasteiger partial charge in [0.2, 0.25) is 11.0 Å². The summed E-state index contributed by atoms with van der Waals surface area (Å²) in [6.07, 6.45) is -4.83. The highest BCUT2D eigenvalue weighted by molar-refractivity contribution is 9.10. The van der Waals surface area contributed by atoms with Gasteiger partial charge in [-0.25, -0.2) is 0 Å². The lowest BCUT2D eigenvalue weighted by Gasteiger charge is -2.08. The van der Waals surface area contributed by atoms with Gasteiger partial charge in [0.1, 0.15) is 5.75 Å². The van der Waals surface area contributed by atoms with Crippen LogP contribution in [0.1, 0.15) is 0 Å². The maximum absolute atomic E-state index is 12.5. The lowest BCUT2D eigenvalue weighted by Crippen LogP contribution is -2.16. The average molecular weight is 473 g/mol. The van der Waals surface area contributed by atoms with Gasteiger partial charge >= 0.3 is 6.36 Å². The van der Waals surface area contributed by atoms with Crippen LogP contribution in [-0.4, -0.2) is 21.1 Å². The molecule has 2 N–H and O–H groups in total. The Hall–Kier alpha value is -2.66. The van der Waals surface area contributed by atoms with Gasteiger partial charge < -0.3 is 19.7 Å². The minimum atomic E-state index is -4.83. The van der Waals surface area contributed by atoms with Crippen molar-refractivity contribution in [3.8, 4) is 11.6 Å². The van der Waals surface area contributed by atoms with E-state index in [4.69, 9.17) is 12.2 Å². The van der Waals surface area contributed by atoms with Crippen LogP contribution in [-0.2, 0) is 7.05 Å². The zero-order chi connectivity index (χ0) is 20.5. The molecular formula is C17H12BrF3N4O2S. The van der Waals surface area contributed by atoms with Crippen molar-refractivity contribution in [2.75, 3.05) is 5.32 Å². The molecule has 3 aromatic rings. The average Bonchev–Trinajstić information content (AvgIpc) is 2.84. The number of aryl methyl sites for hydroxylation is 1. The number of aromatic hydroxyl groups is 1. The number of ether oxygens (including phenoxy) is 1. The van der Waals surface area contributed by atoms with E-state index < -0.39 is 12.1 Å². The number of nitrogens with one attached hydrogen (secondary N) is 1. The predicted molar refractivity (Wildman–Crippen MR) is 106 cm³/mol. The summed E-state index contributed by atoms with van der Waals surface area (Å²) in [6.45, 7) is 0. The molecule has 2 aromatic carbocycles. The highest BCUT2D eigenvalue weighted by atomic mass is 79.9. The molecule has 0 aliphatic heterocycles. The number of fused-ring (bicyclic) bond motifs is 1. The Labute approximate surface area is 170 Å². The van der Waals surface area contributed by atoms with Crippen LogP contribution in [0.25, 0.3) is 10.9 Å². The van der Waals surface area contributed by atoms with E-state index in [0.29, 0.717) is 11.2 Å². The first-order valence-corrected chi connectivity index (χ1v) is 8.89. The largest absolute Gasteiger partial charge is 0.573 e. The van der Waals surface area contributed by atoms with E-state index in [1.807, 2.05) is 0 Å². The second-order valence-corrected chi connectivity index (χ2v) is 6.90. The first-order valence-electron chi connectivity index (χ1n) is 7.69. The molecule has 1 heterocycles. The lowest BCUT2D eigenvalue weighted by molar-refractivity contribution is -0.274. The van der Waals surface area contributed by atoms with Crippen LogP contribution in [0.5, 0.6) is 11.6 Å². The predicted octanol–water partition coefficient (Wildman–Crippen LogP) is 6.03. The van der Waals surface area contributed by atoms with Crippen LogP contribution in [0.2, 0.25) is 0 Å². The van der Waals surface area contributed by atoms with Gasteiger partial charge in [0.25, 0.3) is 0 Å². The van der Waals surface area contributed by atoms with E-state index in [-0.39, 0.29) is 22.1 Å². The molecule has 0 aliphatic rings. The number of azo groups is 1. The number of thiocarbonyl (C=S) groups is 1. The molecule has 0 saturated heterocycles. The Kier molecular flexibility index (Phi) is 5.57. The van der Waals surface area contributed by atoms with E-state index in [2.05, 4.69) is 36.2 Å². The normalized spacial score (nSPS) is 11.9. The van der Waals surface area contributed by atoms with Crippen LogP contribution in [0.4, 0.5) is 24.5 Å². The number of alkyl halides is 3. The van der Waals surface area contributed by atoms with Crippen molar-refractivity contribution >= 4 is 55.5 Å². The fraction of sp³-hybridized carbons (Fsp3) is 0.118. The molecule has 3 rings (SSSR count). The van der Waals surface area contributed by atoms with Crippen LogP contribution in [0.3, 0.4) is 0 Å². The second kappa shape index (κ2) is 7.76. The first kappa shape index (κ1) is 20.1. The van der Waals surface area contributed by atoms with Gasteiger partial charge in [-0.3, -0.25) is 0 Å². The maximum atomic E-state index is 12.5.